The molecule has 1 fully saturated rings. The highest BCUT2D eigenvalue weighted by molar-refractivity contribution is 7.89. The monoisotopic (exact) mass is 565 g/mol. The Morgan fingerprint density at radius 2 is 1.73 bits per heavy atom. The van der Waals surface area contributed by atoms with Crippen LogP contribution in [0.2, 0.25) is 0 Å². The van der Waals surface area contributed by atoms with Gasteiger partial charge in [0.25, 0.3) is 0 Å². The summed E-state index contributed by atoms with van der Waals surface area (Å²) >= 11 is 0. The minimum Gasteiger partial charge on any atom is -0.495 e. The second-order valence-corrected chi connectivity index (χ2v) is 11.5. The molecule has 1 aliphatic heterocycles. The van der Waals surface area contributed by atoms with E-state index in [9.17, 15) is 18.0 Å². The van der Waals surface area contributed by atoms with Crippen LogP contribution in [0.4, 0.5) is 11.4 Å². The zero-order chi connectivity index (χ0) is 28.7. The third-order valence-corrected chi connectivity index (χ3v) is 8.72. The van der Waals surface area contributed by atoms with E-state index in [0.717, 1.165) is 22.5 Å². The minimum atomic E-state index is -3.87. The summed E-state index contributed by atoms with van der Waals surface area (Å²) < 4.78 is 38.5. The molecule has 3 aromatic carbocycles. The van der Waals surface area contributed by atoms with Crippen LogP contribution in [0.15, 0.2) is 77.7 Å². The van der Waals surface area contributed by atoms with Crippen LogP contribution in [-0.4, -0.2) is 56.9 Å². The lowest BCUT2D eigenvalue weighted by molar-refractivity contribution is -0.147. The first-order chi connectivity index (χ1) is 19.2. The maximum atomic E-state index is 13.4. The third-order valence-electron chi connectivity index (χ3n) is 6.80. The van der Waals surface area contributed by atoms with Crippen LogP contribution in [0, 0.1) is 6.92 Å². The van der Waals surface area contributed by atoms with Gasteiger partial charge in [0.1, 0.15) is 17.8 Å². The summed E-state index contributed by atoms with van der Waals surface area (Å²) in [5.74, 6) is -0.374. The van der Waals surface area contributed by atoms with Gasteiger partial charge in [-0.15, -0.1) is 0 Å². The number of rotatable bonds is 11. The zero-order valence-corrected chi connectivity index (χ0v) is 23.7. The normalized spacial score (nSPS) is 16.2. The summed E-state index contributed by atoms with van der Waals surface area (Å²) in [6.07, 6.45) is 1.11. The van der Waals surface area contributed by atoms with Crippen LogP contribution in [0.3, 0.4) is 0 Å². The van der Waals surface area contributed by atoms with Crippen molar-refractivity contribution >= 4 is 33.3 Å². The van der Waals surface area contributed by atoms with Gasteiger partial charge in [-0.2, -0.15) is 4.31 Å². The van der Waals surface area contributed by atoms with Crippen molar-refractivity contribution in [1.82, 2.24) is 9.62 Å². The number of benzene rings is 3. The molecule has 0 unspecified atom stereocenters. The number of methoxy groups -OCH3 is 1. The van der Waals surface area contributed by atoms with Gasteiger partial charge in [-0.1, -0.05) is 42.0 Å². The van der Waals surface area contributed by atoms with Crippen LogP contribution in [0.5, 0.6) is 5.75 Å². The van der Waals surface area contributed by atoms with Crippen LogP contribution in [-0.2, 0) is 30.8 Å². The molecular formula is C30H35N3O6S. The van der Waals surface area contributed by atoms with E-state index in [0.29, 0.717) is 18.6 Å². The Bertz CT molecular complexity index is 1420. The Kier molecular flexibility index (Phi) is 9.44. The van der Waals surface area contributed by atoms with Crippen molar-refractivity contribution in [1.29, 1.82) is 0 Å². The molecule has 1 aliphatic rings. The number of carbonyl (C=O) groups excluding carboxylic acids is 2. The molecule has 1 saturated heterocycles. The van der Waals surface area contributed by atoms with Crippen molar-refractivity contribution in [3.63, 3.8) is 0 Å². The lowest BCUT2D eigenvalue weighted by Crippen LogP contribution is -2.51. The van der Waals surface area contributed by atoms with Gasteiger partial charge in [-0.25, -0.2) is 13.2 Å². The number of amides is 1. The number of carbonyl (C=O) groups is 2. The second-order valence-electron chi connectivity index (χ2n) is 9.63. The molecule has 0 aromatic heterocycles. The molecule has 9 nitrogen and oxygen atoms in total. The van der Waals surface area contributed by atoms with Crippen LogP contribution in [0.1, 0.15) is 30.9 Å². The maximum absolute atomic E-state index is 13.4. The molecule has 3 aromatic rings. The number of hydrogen-bond acceptors (Lipinski definition) is 7. The summed E-state index contributed by atoms with van der Waals surface area (Å²) in [6.45, 7) is 3.97. The summed E-state index contributed by atoms with van der Waals surface area (Å²) in [5, 5.41) is 6.08. The number of sulfonamides is 1. The molecule has 0 aliphatic carbocycles. The molecule has 40 heavy (non-hydrogen) atoms. The van der Waals surface area contributed by atoms with Crippen molar-refractivity contribution in [2.45, 2.75) is 50.1 Å². The third kappa shape index (κ3) is 6.81. The summed E-state index contributed by atoms with van der Waals surface area (Å²) in [6, 6.07) is 19.7. The number of ether oxygens (including phenoxy) is 2. The molecular weight excluding hydrogens is 530 g/mol. The fraction of sp³-hybridized carbons (Fsp3) is 0.333. The van der Waals surface area contributed by atoms with E-state index in [1.54, 1.807) is 38.3 Å². The molecule has 212 valence electrons. The molecule has 1 heterocycles. The first-order valence-corrected chi connectivity index (χ1v) is 14.7. The molecule has 2 atom stereocenters. The van der Waals surface area contributed by atoms with Gasteiger partial charge in [-0.3, -0.25) is 4.79 Å². The molecule has 10 heteroatoms. The average Bonchev–Trinajstić information content (AvgIpc) is 3.46. The predicted molar refractivity (Wildman–Crippen MR) is 153 cm³/mol. The Hall–Kier alpha value is -3.89. The van der Waals surface area contributed by atoms with Gasteiger partial charge in [-0.05, 0) is 68.7 Å². The summed E-state index contributed by atoms with van der Waals surface area (Å²) in [5.41, 5.74) is 3.39. The minimum absolute atomic E-state index is 0.140. The van der Waals surface area contributed by atoms with Crippen LogP contribution >= 0.6 is 0 Å². The number of aryl methyl sites for hydroxylation is 1. The lowest BCUT2D eigenvalue weighted by atomic mass is 10.0. The SMILES string of the molecule is CCOC(=O)[C@H](Cc1ccc(Nc2ccccc2OC)cc1)NC(=O)[C@@H]1CCCN1S(=O)(=O)c1ccc(C)cc1. The maximum Gasteiger partial charge on any atom is 0.328 e. The van der Waals surface area contributed by atoms with Crippen molar-refractivity contribution in [2.24, 2.45) is 0 Å². The first kappa shape index (κ1) is 29.1. The van der Waals surface area contributed by atoms with E-state index in [1.807, 2.05) is 55.5 Å². The van der Waals surface area contributed by atoms with Crippen LogP contribution in [0.25, 0.3) is 0 Å². The van der Waals surface area contributed by atoms with Gasteiger partial charge >= 0.3 is 5.97 Å². The van der Waals surface area contributed by atoms with Gasteiger partial charge < -0.3 is 20.1 Å². The molecule has 4 rings (SSSR count). The van der Waals surface area contributed by atoms with Gasteiger partial charge in [0, 0.05) is 18.7 Å². The number of anilines is 2. The Balaban J connectivity index is 1.47. The fourth-order valence-corrected chi connectivity index (χ4v) is 6.36. The summed E-state index contributed by atoms with van der Waals surface area (Å²) in [7, 11) is -2.26. The second kappa shape index (κ2) is 13.0. The zero-order valence-electron chi connectivity index (χ0n) is 22.9. The highest BCUT2D eigenvalue weighted by atomic mass is 32.2. The van der Waals surface area contributed by atoms with Crippen molar-refractivity contribution < 1.29 is 27.5 Å². The van der Waals surface area contributed by atoms with Crippen molar-refractivity contribution in [2.75, 3.05) is 25.6 Å². The van der Waals surface area contributed by atoms with Gasteiger partial charge in [0.2, 0.25) is 15.9 Å². The Labute approximate surface area is 235 Å². The number of esters is 1. The lowest BCUT2D eigenvalue weighted by Gasteiger charge is -2.25. The number of nitrogens with zero attached hydrogens (tertiary/aromatic N) is 1. The molecule has 0 radical (unpaired) electrons. The predicted octanol–water partition coefficient (Wildman–Crippen LogP) is 4.19. The van der Waals surface area contributed by atoms with E-state index < -0.39 is 34.0 Å². The molecule has 1 amide bonds. The molecule has 2 N–H and O–H groups in total. The quantitative estimate of drug-likeness (QED) is 0.335. The molecule has 0 bridgehead atoms. The largest absolute Gasteiger partial charge is 0.495 e. The highest BCUT2D eigenvalue weighted by Crippen LogP contribution is 2.28. The highest BCUT2D eigenvalue weighted by Gasteiger charge is 2.40. The van der Waals surface area contributed by atoms with E-state index in [2.05, 4.69) is 10.6 Å². The van der Waals surface area contributed by atoms with Crippen LogP contribution < -0.4 is 15.4 Å². The fourth-order valence-electron chi connectivity index (χ4n) is 4.70. The van der Waals surface area contributed by atoms with Crippen molar-refractivity contribution in [3.05, 3.63) is 83.9 Å². The molecule has 0 saturated carbocycles. The Morgan fingerprint density at radius 1 is 1.02 bits per heavy atom. The standard InChI is InChI=1S/C30H35N3O6S/c1-4-39-30(35)26(20-22-13-15-23(16-14-22)31-25-8-5-6-10-28(25)38-3)32-29(34)27-9-7-19-33(27)40(36,37)24-17-11-21(2)12-18-24/h5-6,8,10-18,26-27,31H,4,7,9,19-20H2,1-3H3,(H,32,34)/t26-,27-/m0/s1. The summed E-state index contributed by atoms with van der Waals surface area (Å²) in [4.78, 5) is 26.3. The van der Waals surface area contributed by atoms with E-state index in [-0.39, 0.29) is 24.5 Å². The van der Waals surface area contributed by atoms with E-state index in [1.165, 1.54) is 4.31 Å². The van der Waals surface area contributed by atoms with Gasteiger partial charge in [0.15, 0.2) is 0 Å². The topological polar surface area (TPSA) is 114 Å². The number of nitrogens with one attached hydrogen (secondary N) is 2. The van der Waals surface area contributed by atoms with Crippen molar-refractivity contribution in [3.8, 4) is 5.75 Å². The number of hydrogen-bond donors (Lipinski definition) is 2. The van der Waals surface area contributed by atoms with E-state index in [4.69, 9.17) is 9.47 Å². The smallest absolute Gasteiger partial charge is 0.328 e. The first-order valence-electron chi connectivity index (χ1n) is 13.3. The number of para-hydroxylation sites is 2. The van der Waals surface area contributed by atoms with E-state index >= 15 is 0 Å². The van der Waals surface area contributed by atoms with Gasteiger partial charge in [0.05, 0.1) is 24.3 Å². The Morgan fingerprint density at radius 3 is 2.40 bits per heavy atom. The average molecular weight is 566 g/mol. The molecule has 0 spiro atoms.